The van der Waals surface area contributed by atoms with Gasteiger partial charge in [0.1, 0.15) is 43.4 Å². The quantitative estimate of drug-likeness (QED) is 0.0672. The summed E-state index contributed by atoms with van der Waals surface area (Å²) in [5, 5.41) is 20.9. The second-order valence-electron chi connectivity index (χ2n) is 9.01. The van der Waals surface area contributed by atoms with Crippen molar-refractivity contribution < 1.29 is 62.2 Å². The first-order chi connectivity index (χ1) is 20.8. The summed E-state index contributed by atoms with van der Waals surface area (Å²) in [4.78, 5) is 32.2. The van der Waals surface area contributed by atoms with Gasteiger partial charge in [-0.1, -0.05) is 0 Å². The molecule has 6 N–H and O–H groups in total. The molecule has 0 spiro atoms. The van der Waals surface area contributed by atoms with Crippen molar-refractivity contribution in [2.24, 2.45) is 0 Å². The van der Waals surface area contributed by atoms with E-state index in [9.17, 15) is 20.0 Å². The largest absolute Gasteiger partial charge is 0.570 e. The summed E-state index contributed by atoms with van der Waals surface area (Å²) in [5.74, 6) is 0.148. The number of fused-ring (bicyclic) bond motifs is 1. The summed E-state index contributed by atoms with van der Waals surface area (Å²) in [6.07, 6.45) is -2.37. The maximum absolute atomic E-state index is 10.5. The van der Waals surface area contributed by atoms with Crippen LogP contribution in [0, 0.1) is 0 Å². The zero-order valence-electron chi connectivity index (χ0n) is 24.1. The van der Waals surface area contributed by atoms with E-state index in [0.29, 0.717) is 77.2 Å². The van der Waals surface area contributed by atoms with E-state index in [-0.39, 0.29) is 25.6 Å². The molecule has 0 saturated carbocycles. The molecule has 0 amide bonds. The second-order valence-corrected chi connectivity index (χ2v) is 10.5. The van der Waals surface area contributed by atoms with Crippen LogP contribution in [-0.4, -0.2) is 150 Å². The van der Waals surface area contributed by atoms with Crippen molar-refractivity contribution in [3.05, 3.63) is 12.7 Å². The summed E-state index contributed by atoms with van der Waals surface area (Å²) in [6.45, 7) is 6.48. The van der Waals surface area contributed by atoms with Crippen LogP contribution in [0.3, 0.4) is 0 Å². The van der Waals surface area contributed by atoms with E-state index in [4.69, 9.17) is 47.9 Å². The van der Waals surface area contributed by atoms with Crippen LogP contribution in [0.5, 0.6) is 0 Å². The molecule has 3 heterocycles. The monoisotopic (exact) mass is 640 g/mol. The molecule has 1 saturated heterocycles. The number of anilines is 1. The first-order valence-electron chi connectivity index (χ1n) is 13.9. The minimum atomic E-state index is -4.24. The van der Waals surface area contributed by atoms with Crippen molar-refractivity contribution in [3.8, 4) is 0 Å². The Morgan fingerprint density at radius 2 is 1.30 bits per heavy atom. The lowest BCUT2D eigenvalue weighted by molar-refractivity contribution is -0.0548. The van der Waals surface area contributed by atoms with Gasteiger partial charge in [0.2, 0.25) is 0 Å². The lowest BCUT2D eigenvalue weighted by atomic mass is 10.1. The molecule has 1 fully saturated rings. The van der Waals surface area contributed by atoms with Gasteiger partial charge in [0.15, 0.2) is 17.7 Å². The number of aliphatic hydroxyl groups excluding tert-OH is 2. The normalized spacial score (nSPS) is 20.9. The molecule has 0 radical (unpaired) electrons. The van der Waals surface area contributed by atoms with Gasteiger partial charge in [0, 0.05) is 6.61 Å². The van der Waals surface area contributed by atoms with Gasteiger partial charge in [0.05, 0.1) is 79.0 Å². The maximum atomic E-state index is 10.5. The predicted octanol–water partition coefficient (Wildman–Crippen LogP) is -1.16. The third-order valence-electron chi connectivity index (χ3n) is 5.96. The average Bonchev–Trinajstić information content (AvgIpc) is 3.54. The van der Waals surface area contributed by atoms with Gasteiger partial charge in [-0.25, -0.2) is 15.0 Å². The number of aliphatic hydroxyl groups is 2. The van der Waals surface area contributed by atoms with Crippen LogP contribution >= 0.6 is 8.17 Å². The lowest BCUT2D eigenvalue weighted by Gasteiger charge is -2.16. The average molecular weight is 641 g/mol. The van der Waals surface area contributed by atoms with Gasteiger partial charge >= 0.3 is 8.17 Å². The summed E-state index contributed by atoms with van der Waals surface area (Å²) in [6, 6.07) is 0. The number of hydrogen-bond acceptors (Lipinski definition) is 17. The standard InChI is InChI=1S/C24H43N5O13P/c1-2-34-3-4-35-5-6-36-7-8-37-9-10-38-11-12-39-13-14-40-43(32,33)41-15-18-20(30)21(31)24(42-18)29-17-28-19-22(25)26-16-27-23(19)29/h16-18,20-21,24,30-33H,2-15H2,1H3,(H2,25,26,27)/q+1/t18-,20-,21-,24-/m1/s1. The molecule has 4 atom stereocenters. The molecule has 0 bridgehead atoms. The van der Waals surface area contributed by atoms with Crippen molar-refractivity contribution in [2.45, 2.75) is 31.5 Å². The van der Waals surface area contributed by atoms with E-state index in [1.54, 1.807) is 0 Å². The number of imidazole rings is 1. The van der Waals surface area contributed by atoms with Crippen molar-refractivity contribution in [2.75, 3.05) is 98.2 Å². The summed E-state index contributed by atoms with van der Waals surface area (Å²) in [5.41, 5.74) is 6.39. The molecule has 0 aliphatic carbocycles. The molecule has 43 heavy (non-hydrogen) atoms. The van der Waals surface area contributed by atoms with Crippen LogP contribution in [0.25, 0.3) is 11.2 Å². The Morgan fingerprint density at radius 3 is 1.86 bits per heavy atom. The third-order valence-corrected chi connectivity index (χ3v) is 6.96. The molecule has 18 nitrogen and oxygen atoms in total. The van der Waals surface area contributed by atoms with Crippen molar-refractivity contribution in [1.82, 2.24) is 19.5 Å². The molecule has 0 unspecified atom stereocenters. The first-order valence-corrected chi connectivity index (χ1v) is 15.4. The fourth-order valence-electron chi connectivity index (χ4n) is 3.82. The summed E-state index contributed by atoms with van der Waals surface area (Å²) < 4.78 is 49.2. The van der Waals surface area contributed by atoms with Crippen LogP contribution in [0.4, 0.5) is 5.82 Å². The lowest BCUT2D eigenvalue weighted by Crippen LogP contribution is -2.34. The first kappa shape index (κ1) is 35.7. The molecule has 3 rings (SSSR count). The summed E-state index contributed by atoms with van der Waals surface area (Å²) >= 11 is 0. The zero-order chi connectivity index (χ0) is 30.9. The third kappa shape index (κ3) is 12.3. The maximum Gasteiger partial charge on any atom is 0.570 e. The van der Waals surface area contributed by atoms with Gasteiger partial charge in [0.25, 0.3) is 0 Å². The van der Waals surface area contributed by atoms with Gasteiger partial charge in [-0.2, -0.15) is 18.8 Å². The molecular weight excluding hydrogens is 597 g/mol. The highest BCUT2D eigenvalue weighted by Gasteiger charge is 2.48. The van der Waals surface area contributed by atoms with Crippen molar-refractivity contribution in [1.29, 1.82) is 0 Å². The molecule has 246 valence electrons. The fraction of sp³-hybridized carbons (Fsp3) is 0.792. The summed E-state index contributed by atoms with van der Waals surface area (Å²) in [7, 11) is -4.24. The van der Waals surface area contributed by atoms with E-state index >= 15 is 0 Å². The molecule has 1 aliphatic rings. The minimum Gasteiger partial charge on any atom is -0.387 e. The van der Waals surface area contributed by atoms with Gasteiger partial charge < -0.3 is 49.1 Å². The number of ether oxygens (including phenoxy) is 7. The van der Waals surface area contributed by atoms with E-state index in [2.05, 4.69) is 15.0 Å². The predicted molar refractivity (Wildman–Crippen MR) is 150 cm³/mol. The molecule has 19 heteroatoms. The molecule has 2 aromatic rings. The molecular formula is C24H43N5O13P+. The Bertz CT molecular complexity index is 1040. The Kier molecular flexibility index (Phi) is 16.3. The SMILES string of the molecule is CCOCCOCCOCCOCCOCCOCCO[P+](O)(O)OC[C@H]1O[C@@H](n2cnc3c(N)ncnc32)[C@H](O)[C@@H]1O. The van der Waals surface area contributed by atoms with Crippen LogP contribution < -0.4 is 5.73 Å². The van der Waals surface area contributed by atoms with E-state index in [1.165, 1.54) is 17.2 Å². The Labute approximate surface area is 249 Å². The van der Waals surface area contributed by atoms with Crippen LogP contribution in [0.15, 0.2) is 12.7 Å². The van der Waals surface area contributed by atoms with E-state index in [1.807, 2.05) is 6.92 Å². The number of nitrogen functional groups attached to an aromatic ring is 1. The second kappa shape index (κ2) is 19.6. The Hall–Kier alpha value is -1.74. The smallest absolute Gasteiger partial charge is 0.387 e. The van der Waals surface area contributed by atoms with Crippen molar-refractivity contribution >= 4 is 25.2 Å². The topological polar surface area (TPSA) is 234 Å². The Balaban J connectivity index is 1.17. The van der Waals surface area contributed by atoms with Gasteiger partial charge in [-0.3, -0.25) is 4.57 Å². The number of nitrogens with two attached hydrogens (primary N) is 1. The number of rotatable bonds is 24. The minimum absolute atomic E-state index is 0.0564. The van der Waals surface area contributed by atoms with Gasteiger partial charge in [-0.15, -0.1) is 0 Å². The highest BCUT2D eigenvalue weighted by molar-refractivity contribution is 7.54. The van der Waals surface area contributed by atoms with Gasteiger partial charge in [-0.05, 0) is 6.92 Å². The highest BCUT2D eigenvalue weighted by Crippen LogP contribution is 2.52. The number of nitrogens with zero attached hydrogens (tertiary/aromatic N) is 4. The van der Waals surface area contributed by atoms with Crippen LogP contribution in [-0.2, 0) is 42.2 Å². The van der Waals surface area contributed by atoms with Crippen molar-refractivity contribution in [3.63, 3.8) is 0 Å². The number of hydrogen-bond donors (Lipinski definition) is 5. The molecule has 2 aromatic heterocycles. The fourth-order valence-corrected chi connectivity index (χ4v) is 4.55. The number of aromatic nitrogens is 4. The highest BCUT2D eigenvalue weighted by atomic mass is 31.2. The van der Waals surface area contributed by atoms with Crippen LogP contribution in [0.2, 0.25) is 0 Å². The molecule has 1 aliphatic heterocycles. The zero-order valence-corrected chi connectivity index (χ0v) is 25.0. The Morgan fingerprint density at radius 1 is 0.767 bits per heavy atom. The molecule has 0 aromatic carbocycles. The van der Waals surface area contributed by atoms with E-state index < -0.39 is 39.3 Å². The van der Waals surface area contributed by atoms with E-state index in [0.717, 1.165) is 0 Å². The van der Waals surface area contributed by atoms with Crippen LogP contribution in [0.1, 0.15) is 13.2 Å².